The van der Waals surface area contributed by atoms with E-state index < -0.39 is 0 Å². The molecule has 19 heavy (non-hydrogen) atoms. The molecule has 3 N–H and O–H groups in total. The van der Waals surface area contributed by atoms with Gasteiger partial charge in [0.2, 0.25) is 5.95 Å². The molecular formula is C15H18N4. The average molecular weight is 254 g/mol. The summed E-state index contributed by atoms with van der Waals surface area (Å²) in [5.74, 6) is 1.53. The van der Waals surface area contributed by atoms with Crippen LogP contribution in [0.4, 0.5) is 5.95 Å². The summed E-state index contributed by atoms with van der Waals surface area (Å²) in [6, 6.07) is 10.1. The maximum absolute atomic E-state index is 5.60. The molecule has 0 saturated heterocycles. The van der Waals surface area contributed by atoms with Crippen LogP contribution in [0, 0.1) is 5.92 Å². The third-order valence-electron chi connectivity index (χ3n) is 3.39. The highest BCUT2D eigenvalue weighted by Crippen LogP contribution is 2.28. The van der Waals surface area contributed by atoms with E-state index in [1.807, 2.05) is 18.2 Å². The first-order valence-electron chi connectivity index (χ1n) is 6.71. The molecule has 4 heteroatoms. The van der Waals surface area contributed by atoms with Crippen LogP contribution in [0.25, 0.3) is 11.3 Å². The Hall–Kier alpha value is -1.94. The third kappa shape index (κ3) is 3.09. The van der Waals surface area contributed by atoms with Gasteiger partial charge in [-0.25, -0.2) is 9.97 Å². The smallest absolute Gasteiger partial charge is 0.223 e. The Morgan fingerprint density at radius 3 is 2.63 bits per heavy atom. The third-order valence-corrected chi connectivity index (χ3v) is 3.39. The predicted molar refractivity (Wildman–Crippen MR) is 76.6 cm³/mol. The molecule has 1 aromatic heterocycles. The van der Waals surface area contributed by atoms with E-state index in [2.05, 4.69) is 27.4 Å². The summed E-state index contributed by atoms with van der Waals surface area (Å²) in [4.78, 5) is 8.80. The number of rotatable bonds is 5. The molecule has 0 aliphatic heterocycles. The second-order valence-electron chi connectivity index (χ2n) is 4.99. The second kappa shape index (κ2) is 5.36. The van der Waals surface area contributed by atoms with E-state index in [9.17, 15) is 0 Å². The van der Waals surface area contributed by atoms with Crippen molar-refractivity contribution in [3.05, 3.63) is 42.1 Å². The summed E-state index contributed by atoms with van der Waals surface area (Å²) >= 11 is 0. The summed E-state index contributed by atoms with van der Waals surface area (Å²) in [5.41, 5.74) is 8.76. The van der Waals surface area contributed by atoms with E-state index in [1.165, 1.54) is 12.8 Å². The number of benzene rings is 1. The van der Waals surface area contributed by atoms with Gasteiger partial charge >= 0.3 is 0 Å². The van der Waals surface area contributed by atoms with Crippen LogP contribution in [-0.4, -0.2) is 16.5 Å². The molecule has 1 aromatic carbocycles. The fourth-order valence-electron chi connectivity index (χ4n) is 1.97. The zero-order valence-corrected chi connectivity index (χ0v) is 10.8. The van der Waals surface area contributed by atoms with E-state index in [0.717, 1.165) is 29.3 Å². The van der Waals surface area contributed by atoms with Gasteiger partial charge in [0.1, 0.15) is 0 Å². The highest BCUT2D eigenvalue weighted by atomic mass is 15.1. The normalized spacial score (nSPS) is 14.4. The summed E-state index contributed by atoms with van der Waals surface area (Å²) in [6.45, 7) is 1.55. The Morgan fingerprint density at radius 2 is 1.95 bits per heavy atom. The van der Waals surface area contributed by atoms with Gasteiger partial charge in [-0.05, 0) is 30.4 Å². The number of hydrogen-bond acceptors (Lipinski definition) is 4. The van der Waals surface area contributed by atoms with Crippen LogP contribution in [-0.2, 0) is 6.54 Å². The van der Waals surface area contributed by atoms with Gasteiger partial charge in [-0.3, -0.25) is 0 Å². The van der Waals surface area contributed by atoms with Crippen molar-refractivity contribution in [3.63, 3.8) is 0 Å². The molecule has 0 spiro atoms. The minimum atomic E-state index is 0.568. The lowest BCUT2D eigenvalue weighted by Crippen LogP contribution is -2.06. The maximum Gasteiger partial charge on any atom is 0.223 e. The van der Waals surface area contributed by atoms with Crippen molar-refractivity contribution < 1.29 is 0 Å². The highest BCUT2D eigenvalue weighted by Gasteiger charge is 2.20. The Balaban J connectivity index is 1.76. The summed E-state index contributed by atoms with van der Waals surface area (Å²) < 4.78 is 0. The number of hydrogen-bond donors (Lipinski definition) is 2. The lowest BCUT2D eigenvalue weighted by atomic mass is 10.1. The monoisotopic (exact) mass is 254 g/mol. The highest BCUT2D eigenvalue weighted by molar-refractivity contribution is 5.60. The number of nitrogens with zero attached hydrogens (tertiary/aromatic N) is 2. The molecule has 1 saturated carbocycles. The Bertz CT molecular complexity index is 546. The van der Waals surface area contributed by atoms with Gasteiger partial charge in [0.25, 0.3) is 0 Å². The fraction of sp³-hybridized carbons (Fsp3) is 0.333. The summed E-state index contributed by atoms with van der Waals surface area (Å²) in [5, 5.41) is 3.30. The van der Waals surface area contributed by atoms with Crippen LogP contribution in [0.5, 0.6) is 0 Å². The molecule has 1 heterocycles. The number of nitrogens with two attached hydrogens (primary N) is 1. The van der Waals surface area contributed by atoms with Crippen LogP contribution < -0.4 is 11.1 Å². The molecule has 98 valence electrons. The van der Waals surface area contributed by atoms with Gasteiger partial charge in [-0.15, -0.1) is 0 Å². The predicted octanol–water partition coefficient (Wildman–Crippen LogP) is 2.42. The van der Waals surface area contributed by atoms with E-state index in [-0.39, 0.29) is 0 Å². The Labute approximate surface area is 113 Å². The van der Waals surface area contributed by atoms with Crippen molar-refractivity contribution in [1.29, 1.82) is 0 Å². The van der Waals surface area contributed by atoms with Crippen molar-refractivity contribution in [2.75, 3.05) is 11.9 Å². The first-order valence-corrected chi connectivity index (χ1v) is 6.71. The molecule has 1 aliphatic rings. The lowest BCUT2D eigenvalue weighted by Gasteiger charge is -2.06. The molecule has 0 bridgehead atoms. The van der Waals surface area contributed by atoms with Crippen LogP contribution in [0.2, 0.25) is 0 Å². The molecule has 0 atom stereocenters. The zero-order valence-electron chi connectivity index (χ0n) is 10.8. The molecular weight excluding hydrogens is 236 g/mol. The molecule has 0 unspecified atom stereocenters. The molecule has 1 aliphatic carbocycles. The maximum atomic E-state index is 5.60. The van der Waals surface area contributed by atoms with Crippen molar-refractivity contribution in [2.24, 2.45) is 11.7 Å². The van der Waals surface area contributed by atoms with Gasteiger partial charge < -0.3 is 11.1 Å². The number of anilines is 1. The van der Waals surface area contributed by atoms with E-state index >= 15 is 0 Å². The van der Waals surface area contributed by atoms with Gasteiger partial charge in [0.05, 0.1) is 5.69 Å². The Morgan fingerprint density at radius 1 is 1.16 bits per heavy atom. The minimum Gasteiger partial charge on any atom is -0.354 e. The standard InChI is InChI=1S/C15H18N4/c16-9-11-3-5-13(6-4-11)14-7-8-17-15(19-14)18-10-12-1-2-12/h3-8,12H,1-2,9-10,16H2,(H,17,18,19). The van der Waals surface area contributed by atoms with E-state index in [4.69, 9.17) is 5.73 Å². The summed E-state index contributed by atoms with van der Waals surface area (Å²) in [6.07, 6.45) is 4.45. The molecule has 2 aromatic rings. The lowest BCUT2D eigenvalue weighted by molar-refractivity contribution is 0.874. The van der Waals surface area contributed by atoms with Gasteiger partial charge in [-0.2, -0.15) is 0 Å². The Kier molecular flexibility index (Phi) is 3.42. The van der Waals surface area contributed by atoms with Gasteiger partial charge in [0.15, 0.2) is 0 Å². The van der Waals surface area contributed by atoms with Gasteiger partial charge in [0, 0.05) is 24.8 Å². The topological polar surface area (TPSA) is 63.8 Å². The van der Waals surface area contributed by atoms with E-state index in [1.54, 1.807) is 6.20 Å². The van der Waals surface area contributed by atoms with Crippen LogP contribution in [0.15, 0.2) is 36.5 Å². The van der Waals surface area contributed by atoms with Crippen molar-refractivity contribution in [1.82, 2.24) is 9.97 Å². The number of nitrogens with one attached hydrogen (secondary N) is 1. The van der Waals surface area contributed by atoms with Crippen LogP contribution in [0.1, 0.15) is 18.4 Å². The molecule has 0 amide bonds. The van der Waals surface area contributed by atoms with Gasteiger partial charge in [-0.1, -0.05) is 24.3 Å². The van der Waals surface area contributed by atoms with E-state index in [0.29, 0.717) is 12.5 Å². The van der Waals surface area contributed by atoms with Crippen molar-refractivity contribution >= 4 is 5.95 Å². The second-order valence-corrected chi connectivity index (χ2v) is 4.99. The SMILES string of the molecule is NCc1ccc(-c2ccnc(NCC3CC3)n2)cc1. The largest absolute Gasteiger partial charge is 0.354 e. The fourth-order valence-corrected chi connectivity index (χ4v) is 1.97. The average Bonchev–Trinajstić information content (AvgIpc) is 3.30. The molecule has 4 nitrogen and oxygen atoms in total. The van der Waals surface area contributed by atoms with Crippen molar-refractivity contribution in [2.45, 2.75) is 19.4 Å². The minimum absolute atomic E-state index is 0.568. The molecule has 1 fully saturated rings. The first-order chi connectivity index (χ1) is 9.35. The number of aromatic nitrogens is 2. The first kappa shape index (κ1) is 12.1. The van der Waals surface area contributed by atoms with Crippen molar-refractivity contribution in [3.8, 4) is 11.3 Å². The quantitative estimate of drug-likeness (QED) is 0.860. The van der Waals surface area contributed by atoms with Crippen LogP contribution in [0.3, 0.4) is 0 Å². The van der Waals surface area contributed by atoms with Crippen LogP contribution >= 0.6 is 0 Å². The summed E-state index contributed by atoms with van der Waals surface area (Å²) in [7, 11) is 0. The molecule has 0 radical (unpaired) electrons. The molecule has 3 rings (SSSR count). The zero-order chi connectivity index (χ0) is 13.1.